The Morgan fingerprint density at radius 3 is 2.58 bits per heavy atom. The molecule has 0 spiro atoms. The highest BCUT2D eigenvalue weighted by Crippen LogP contribution is 2.32. The molecule has 1 fully saturated rings. The third-order valence-corrected chi connectivity index (χ3v) is 6.38. The summed E-state index contributed by atoms with van der Waals surface area (Å²) in [5.74, 6) is 0.443. The molecule has 1 aromatic heterocycles. The average Bonchev–Trinajstić information content (AvgIpc) is 3.11. The van der Waals surface area contributed by atoms with Gasteiger partial charge in [-0.2, -0.15) is 0 Å². The molecule has 0 atom stereocenters. The average molecular weight is 377 g/mol. The Labute approximate surface area is 153 Å². The second-order valence-corrected chi connectivity index (χ2v) is 8.67. The Bertz CT molecular complexity index is 827. The first kappa shape index (κ1) is 18.6. The van der Waals surface area contributed by atoms with Crippen molar-refractivity contribution < 1.29 is 17.6 Å². The number of carbonyl (C=O) groups is 1. The molecule has 0 radical (unpaired) electrons. The number of aromatic nitrogens is 2. The molecule has 8 heteroatoms. The van der Waals surface area contributed by atoms with Crippen molar-refractivity contribution in [2.45, 2.75) is 55.8 Å². The van der Waals surface area contributed by atoms with Crippen molar-refractivity contribution in [3.63, 3.8) is 0 Å². The van der Waals surface area contributed by atoms with Gasteiger partial charge in [0.2, 0.25) is 11.8 Å². The molecule has 1 aliphatic rings. The van der Waals surface area contributed by atoms with Gasteiger partial charge in [-0.1, -0.05) is 42.6 Å². The van der Waals surface area contributed by atoms with Gasteiger partial charge in [-0.3, -0.25) is 10.1 Å². The van der Waals surface area contributed by atoms with Crippen LogP contribution in [-0.4, -0.2) is 30.3 Å². The summed E-state index contributed by atoms with van der Waals surface area (Å²) >= 11 is 0. The van der Waals surface area contributed by atoms with Crippen molar-refractivity contribution in [2.75, 3.05) is 11.1 Å². The van der Waals surface area contributed by atoms with Crippen molar-refractivity contribution in [2.24, 2.45) is 0 Å². The number of nitrogens with zero attached hydrogens (tertiary/aromatic N) is 2. The number of carbonyl (C=O) groups excluding carboxylic acids is 1. The minimum atomic E-state index is -3.37. The first-order valence-electron chi connectivity index (χ1n) is 8.96. The number of benzene rings is 1. The predicted molar refractivity (Wildman–Crippen MR) is 96.5 cm³/mol. The van der Waals surface area contributed by atoms with E-state index in [9.17, 15) is 13.2 Å². The van der Waals surface area contributed by atoms with E-state index in [1.54, 1.807) is 30.3 Å². The van der Waals surface area contributed by atoms with E-state index >= 15 is 0 Å². The molecule has 140 valence electrons. The van der Waals surface area contributed by atoms with Crippen LogP contribution in [0.25, 0.3) is 0 Å². The zero-order chi connectivity index (χ0) is 18.4. The van der Waals surface area contributed by atoms with Crippen LogP contribution in [0.1, 0.15) is 56.8 Å². The van der Waals surface area contributed by atoms with E-state index in [1.165, 1.54) is 6.42 Å². The molecule has 1 aliphatic carbocycles. The third kappa shape index (κ3) is 4.91. The van der Waals surface area contributed by atoms with Crippen molar-refractivity contribution >= 4 is 21.8 Å². The minimum absolute atomic E-state index is 0.0766. The summed E-state index contributed by atoms with van der Waals surface area (Å²) in [6.07, 6.45) is 5.93. The highest BCUT2D eigenvalue weighted by molar-refractivity contribution is 7.91. The maximum Gasteiger partial charge on any atom is 0.322 e. The predicted octanol–water partition coefficient (Wildman–Crippen LogP) is 3.31. The van der Waals surface area contributed by atoms with Crippen LogP contribution in [0, 0.1) is 0 Å². The highest BCUT2D eigenvalue weighted by Gasteiger charge is 2.22. The van der Waals surface area contributed by atoms with Crippen LogP contribution < -0.4 is 5.32 Å². The second kappa shape index (κ2) is 8.44. The van der Waals surface area contributed by atoms with E-state index in [1.807, 2.05) is 0 Å². The Balaban J connectivity index is 1.46. The van der Waals surface area contributed by atoms with Crippen LogP contribution in [0.15, 0.2) is 39.6 Å². The van der Waals surface area contributed by atoms with Crippen molar-refractivity contribution in [1.82, 2.24) is 10.2 Å². The highest BCUT2D eigenvalue weighted by atomic mass is 32.2. The van der Waals surface area contributed by atoms with Crippen molar-refractivity contribution in [3.8, 4) is 0 Å². The fraction of sp³-hybridized carbons (Fsp3) is 0.500. The number of rotatable bonds is 7. The molecule has 1 N–H and O–H groups in total. The number of sulfone groups is 1. The summed E-state index contributed by atoms with van der Waals surface area (Å²) in [5.41, 5.74) is 0. The lowest BCUT2D eigenvalue weighted by Gasteiger charge is -2.17. The number of anilines is 1. The summed E-state index contributed by atoms with van der Waals surface area (Å²) in [4.78, 5) is 12.3. The van der Waals surface area contributed by atoms with E-state index in [4.69, 9.17) is 4.42 Å². The molecule has 1 amide bonds. The van der Waals surface area contributed by atoms with Crippen LogP contribution in [0.5, 0.6) is 0 Å². The summed E-state index contributed by atoms with van der Waals surface area (Å²) < 4.78 is 29.9. The van der Waals surface area contributed by atoms with Crippen LogP contribution >= 0.6 is 0 Å². The van der Waals surface area contributed by atoms with Crippen LogP contribution in [0.3, 0.4) is 0 Å². The number of nitrogens with one attached hydrogen (secondary N) is 1. The number of amides is 1. The third-order valence-electron chi connectivity index (χ3n) is 4.56. The van der Waals surface area contributed by atoms with Crippen LogP contribution in [0.2, 0.25) is 0 Å². The second-order valence-electron chi connectivity index (χ2n) is 6.56. The minimum Gasteiger partial charge on any atom is -0.408 e. The normalized spacial score (nSPS) is 15.7. The summed E-state index contributed by atoms with van der Waals surface area (Å²) in [5, 5.41) is 10.4. The van der Waals surface area contributed by atoms with Gasteiger partial charge in [0.15, 0.2) is 9.84 Å². The van der Waals surface area contributed by atoms with Gasteiger partial charge in [0, 0.05) is 12.3 Å². The molecule has 26 heavy (non-hydrogen) atoms. The molecule has 7 nitrogen and oxygen atoms in total. The SMILES string of the molecule is O=C(CCCS(=O)(=O)c1ccccc1)Nc1nnc(C2CCCCC2)o1. The molecule has 1 saturated carbocycles. The van der Waals surface area contributed by atoms with Crippen LogP contribution in [-0.2, 0) is 14.6 Å². The lowest BCUT2D eigenvalue weighted by molar-refractivity contribution is -0.116. The molecule has 0 aliphatic heterocycles. The van der Waals surface area contributed by atoms with Gasteiger partial charge in [-0.15, -0.1) is 5.10 Å². The fourth-order valence-corrected chi connectivity index (χ4v) is 4.48. The molecule has 1 aromatic carbocycles. The van der Waals surface area contributed by atoms with E-state index in [2.05, 4.69) is 15.5 Å². The largest absolute Gasteiger partial charge is 0.408 e. The summed E-state index contributed by atoms with van der Waals surface area (Å²) in [6, 6.07) is 8.32. The molecule has 3 rings (SSSR count). The van der Waals surface area contributed by atoms with E-state index in [-0.39, 0.29) is 41.3 Å². The zero-order valence-corrected chi connectivity index (χ0v) is 15.4. The lowest BCUT2D eigenvalue weighted by Crippen LogP contribution is -2.14. The smallest absolute Gasteiger partial charge is 0.322 e. The van der Waals surface area contributed by atoms with E-state index in [0.29, 0.717) is 5.89 Å². The Kier molecular flexibility index (Phi) is 6.03. The monoisotopic (exact) mass is 377 g/mol. The Hall–Kier alpha value is -2.22. The van der Waals surface area contributed by atoms with Crippen molar-refractivity contribution in [1.29, 1.82) is 0 Å². The summed E-state index contributed by atoms with van der Waals surface area (Å²) in [6.45, 7) is 0. The fourth-order valence-electron chi connectivity index (χ4n) is 3.15. The maximum absolute atomic E-state index is 12.2. The molecule has 0 bridgehead atoms. The van der Waals surface area contributed by atoms with Gasteiger partial charge in [-0.05, 0) is 31.4 Å². The maximum atomic E-state index is 12.2. The van der Waals surface area contributed by atoms with Gasteiger partial charge < -0.3 is 4.42 Å². The molecule has 0 unspecified atom stereocenters. The molecule has 2 aromatic rings. The Morgan fingerprint density at radius 1 is 1.12 bits per heavy atom. The van der Waals surface area contributed by atoms with Gasteiger partial charge >= 0.3 is 6.01 Å². The Morgan fingerprint density at radius 2 is 1.85 bits per heavy atom. The van der Waals surface area contributed by atoms with Crippen molar-refractivity contribution in [3.05, 3.63) is 36.2 Å². The summed E-state index contributed by atoms with van der Waals surface area (Å²) in [7, 11) is -3.37. The standard InChI is InChI=1S/C18H23N3O4S/c22-16(12-7-13-26(23,24)15-10-5-2-6-11-15)19-18-21-20-17(25-18)14-8-3-1-4-9-14/h2,5-6,10-11,14H,1,3-4,7-9,12-13H2,(H,19,21,22). The molecule has 1 heterocycles. The molecular weight excluding hydrogens is 354 g/mol. The first-order valence-corrected chi connectivity index (χ1v) is 10.6. The van der Waals surface area contributed by atoms with E-state index < -0.39 is 9.84 Å². The van der Waals surface area contributed by atoms with E-state index in [0.717, 1.165) is 25.7 Å². The first-order chi connectivity index (χ1) is 12.5. The number of hydrogen-bond donors (Lipinski definition) is 1. The van der Waals surface area contributed by atoms with Gasteiger partial charge in [0.1, 0.15) is 0 Å². The van der Waals surface area contributed by atoms with Gasteiger partial charge in [0.25, 0.3) is 0 Å². The lowest BCUT2D eigenvalue weighted by atomic mass is 9.89. The van der Waals surface area contributed by atoms with Crippen LogP contribution in [0.4, 0.5) is 6.01 Å². The van der Waals surface area contributed by atoms with Gasteiger partial charge in [0.05, 0.1) is 10.6 Å². The number of hydrogen-bond acceptors (Lipinski definition) is 6. The van der Waals surface area contributed by atoms with Gasteiger partial charge in [-0.25, -0.2) is 8.42 Å². The molecule has 0 saturated heterocycles. The zero-order valence-electron chi connectivity index (χ0n) is 14.6. The quantitative estimate of drug-likeness (QED) is 0.794. The molecular formula is C18H23N3O4S. The topological polar surface area (TPSA) is 102 Å².